The standard InChI is InChI=1S/C6H7BrOS.C5H4Br2OS/c1-4-3-5(7)6(8-2)9-4;1-8-5-3(6)2-4(7)9-5/h3H,1-2H3;2H,1H3. The molecule has 0 atom stereocenters. The topological polar surface area (TPSA) is 18.5 Å². The van der Waals surface area contributed by atoms with E-state index in [0.717, 1.165) is 22.9 Å². The molecule has 0 spiro atoms. The number of hydrogen-bond acceptors (Lipinski definition) is 4. The van der Waals surface area contributed by atoms with Gasteiger partial charge < -0.3 is 9.47 Å². The smallest absolute Gasteiger partial charge is 0.189 e. The van der Waals surface area contributed by atoms with Crippen LogP contribution in [0.2, 0.25) is 0 Å². The highest BCUT2D eigenvalue weighted by Crippen LogP contribution is 2.37. The van der Waals surface area contributed by atoms with Crippen LogP contribution in [0.25, 0.3) is 0 Å². The van der Waals surface area contributed by atoms with Gasteiger partial charge in [0.15, 0.2) is 10.1 Å². The summed E-state index contributed by atoms with van der Waals surface area (Å²) in [7, 11) is 3.33. The van der Waals surface area contributed by atoms with Gasteiger partial charge in [-0.15, -0.1) is 11.3 Å². The van der Waals surface area contributed by atoms with Crippen molar-refractivity contribution >= 4 is 70.5 Å². The van der Waals surface area contributed by atoms with Gasteiger partial charge in [0, 0.05) is 4.88 Å². The van der Waals surface area contributed by atoms with E-state index in [-0.39, 0.29) is 0 Å². The Kier molecular flexibility index (Phi) is 7.23. The van der Waals surface area contributed by atoms with Crippen LogP contribution in [-0.2, 0) is 0 Å². The lowest BCUT2D eigenvalue weighted by Crippen LogP contribution is -1.75. The molecule has 0 unspecified atom stereocenters. The molecule has 0 saturated carbocycles. The molecule has 2 aromatic rings. The van der Waals surface area contributed by atoms with E-state index < -0.39 is 0 Å². The predicted octanol–water partition coefficient (Wildman–Crippen LogP) is 6.11. The van der Waals surface area contributed by atoms with Crippen molar-refractivity contribution in [2.75, 3.05) is 14.2 Å². The molecule has 0 aliphatic carbocycles. The summed E-state index contributed by atoms with van der Waals surface area (Å²) in [6.07, 6.45) is 0. The molecule has 0 saturated heterocycles. The Hall–Kier alpha value is 0.440. The maximum Gasteiger partial charge on any atom is 0.189 e. The highest BCUT2D eigenvalue weighted by Gasteiger charge is 2.03. The number of halogens is 3. The zero-order valence-electron chi connectivity index (χ0n) is 9.92. The Morgan fingerprint density at radius 1 is 0.889 bits per heavy atom. The Labute approximate surface area is 140 Å². The summed E-state index contributed by atoms with van der Waals surface area (Å²) in [5.41, 5.74) is 0. The van der Waals surface area contributed by atoms with Gasteiger partial charge in [-0.05, 0) is 66.8 Å². The van der Waals surface area contributed by atoms with Crippen LogP contribution in [0, 0.1) is 6.92 Å². The minimum absolute atomic E-state index is 0.905. The van der Waals surface area contributed by atoms with Crippen molar-refractivity contribution in [2.24, 2.45) is 0 Å². The third-order valence-electron chi connectivity index (χ3n) is 1.77. The minimum atomic E-state index is 0.905. The number of hydrogen-bond donors (Lipinski definition) is 0. The SMILES string of the molecule is COc1sc(Br)cc1Br.COc1sc(C)cc1Br. The first-order valence-corrected chi connectivity index (χ1v) is 8.77. The van der Waals surface area contributed by atoms with E-state index in [1.807, 2.05) is 12.1 Å². The lowest BCUT2D eigenvalue weighted by atomic mass is 10.5. The van der Waals surface area contributed by atoms with E-state index in [2.05, 4.69) is 54.7 Å². The van der Waals surface area contributed by atoms with E-state index in [9.17, 15) is 0 Å². The highest BCUT2D eigenvalue weighted by atomic mass is 79.9. The Balaban J connectivity index is 0.000000180. The van der Waals surface area contributed by atoms with Gasteiger partial charge in [-0.3, -0.25) is 0 Å². The summed E-state index contributed by atoms with van der Waals surface area (Å²) in [5, 5.41) is 1.86. The van der Waals surface area contributed by atoms with E-state index in [1.54, 1.807) is 36.9 Å². The van der Waals surface area contributed by atoms with Crippen LogP contribution in [-0.4, -0.2) is 14.2 Å². The maximum absolute atomic E-state index is 5.04. The van der Waals surface area contributed by atoms with Gasteiger partial charge in [0.25, 0.3) is 0 Å². The fourth-order valence-electron chi connectivity index (χ4n) is 1.07. The van der Waals surface area contributed by atoms with E-state index in [0.29, 0.717) is 0 Å². The number of methoxy groups -OCH3 is 2. The van der Waals surface area contributed by atoms with E-state index in [4.69, 9.17) is 9.47 Å². The molecule has 2 rings (SSSR count). The van der Waals surface area contributed by atoms with Gasteiger partial charge in [0.05, 0.1) is 27.0 Å². The zero-order chi connectivity index (χ0) is 13.7. The molecule has 100 valence electrons. The second-order valence-electron chi connectivity index (χ2n) is 3.09. The normalized spacial score (nSPS) is 9.67. The predicted molar refractivity (Wildman–Crippen MR) is 89.6 cm³/mol. The lowest BCUT2D eigenvalue weighted by Gasteiger charge is -1.91. The number of ether oxygens (including phenoxy) is 2. The highest BCUT2D eigenvalue weighted by molar-refractivity contribution is 9.11. The summed E-state index contributed by atoms with van der Waals surface area (Å²) in [6.45, 7) is 2.05. The molecule has 2 nitrogen and oxygen atoms in total. The zero-order valence-corrected chi connectivity index (χ0v) is 16.3. The molecule has 0 aliphatic rings. The van der Waals surface area contributed by atoms with Crippen LogP contribution in [0.4, 0.5) is 0 Å². The van der Waals surface area contributed by atoms with Gasteiger partial charge >= 0.3 is 0 Å². The van der Waals surface area contributed by atoms with Crippen molar-refractivity contribution < 1.29 is 9.47 Å². The molecule has 7 heteroatoms. The average molecular weight is 479 g/mol. The molecular weight excluding hydrogens is 468 g/mol. The van der Waals surface area contributed by atoms with Gasteiger partial charge in [-0.2, -0.15) is 0 Å². The largest absolute Gasteiger partial charge is 0.486 e. The van der Waals surface area contributed by atoms with Crippen LogP contribution >= 0.6 is 70.5 Å². The van der Waals surface area contributed by atoms with E-state index in [1.165, 1.54) is 4.88 Å². The maximum atomic E-state index is 5.04. The molecular formula is C11H11Br3O2S2. The van der Waals surface area contributed by atoms with Gasteiger partial charge in [-0.25, -0.2) is 0 Å². The van der Waals surface area contributed by atoms with Crippen LogP contribution in [0.15, 0.2) is 24.9 Å². The molecule has 0 aromatic carbocycles. The average Bonchev–Trinajstić information content (AvgIpc) is 2.81. The van der Waals surface area contributed by atoms with Gasteiger partial charge in [-0.1, -0.05) is 11.3 Å². The van der Waals surface area contributed by atoms with Crippen LogP contribution in [0.3, 0.4) is 0 Å². The first-order valence-electron chi connectivity index (χ1n) is 4.76. The minimum Gasteiger partial charge on any atom is -0.486 e. The second-order valence-corrected chi connectivity index (χ2v) is 8.41. The first-order chi connectivity index (χ1) is 8.47. The molecule has 2 heterocycles. The summed E-state index contributed by atoms with van der Waals surface area (Å²) in [4.78, 5) is 1.26. The Bertz CT molecular complexity index is 462. The van der Waals surface area contributed by atoms with Gasteiger partial charge in [0.2, 0.25) is 0 Å². The van der Waals surface area contributed by atoms with Crippen molar-refractivity contribution in [3.63, 3.8) is 0 Å². The number of rotatable bonds is 2. The fourth-order valence-corrected chi connectivity index (χ4v) is 5.03. The van der Waals surface area contributed by atoms with Crippen molar-refractivity contribution in [2.45, 2.75) is 6.92 Å². The number of thiophene rings is 2. The Morgan fingerprint density at radius 2 is 1.39 bits per heavy atom. The van der Waals surface area contributed by atoms with Crippen LogP contribution in [0.5, 0.6) is 10.1 Å². The Morgan fingerprint density at radius 3 is 1.61 bits per heavy atom. The summed E-state index contributed by atoms with van der Waals surface area (Å²) < 4.78 is 13.2. The summed E-state index contributed by atoms with van der Waals surface area (Å²) in [6, 6.07) is 4.01. The molecule has 0 bridgehead atoms. The van der Waals surface area contributed by atoms with Crippen molar-refractivity contribution in [1.82, 2.24) is 0 Å². The fraction of sp³-hybridized carbons (Fsp3) is 0.273. The molecule has 2 aromatic heterocycles. The summed E-state index contributed by atoms with van der Waals surface area (Å²) in [5.74, 6) is 0. The monoisotopic (exact) mass is 476 g/mol. The van der Waals surface area contributed by atoms with Crippen LogP contribution in [0.1, 0.15) is 4.88 Å². The van der Waals surface area contributed by atoms with E-state index >= 15 is 0 Å². The van der Waals surface area contributed by atoms with Crippen molar-refractivity contribution in [3.8, 4) is 10.1 Å². The van der Waals surface area contributed by atoms with Crippen molar-refractivity contribution in [1.29, 1.82) is 0 Å². The van der Waals surface area contributed by atoms with Crippen molar-refractivity contribution in [3.05, 3.63) is 29.7 Å². The number of aryl methyl sites for hydroxylation is 1. The third-order valence-corrected chi connectivity index (χ3v) is 6.09. The molecule has 0 amide bonds. The first kappa shape index (κ1) is 16.5. The third kappa shape index (κ3) is 4.85. The van der Waals surface area contributed by atoms with Gasteiger partial charge in [0.1, 0.15) is 0 Å². The van der Waals surface area contributed by atoms with Crippen LogP contribution < -0.4 is 9.47 Å². The quantitative estimate of drug-likeness (QED) is 0.518. The molecule has 18 heavy (non-hydrogen) atoms. The second kappa shape index (κ2) is 7.89. The molecule has 0 radical (unpaired) electrons. The molecule has 0 N–H and O–H groups in total. The molecule has 0 aliphatic heterocycles. The summed E-state index contributed by atoms with van der Waals surface area (Å²) >= 11 is 13.2. The molecule has 0 fully saturated rings. The lowest BCUT2D eigenvalue weighted by molar-refractivity contribution is 0.424.